The number of aliphatic hydroxyl groups is 1. The minimum atomic E-state index is -3.60. The number of ether oxygens (including phenoxy) is 1. The van der Waals surface area contributed by atoms with Crippen LogP contribution in [0.3, 0.4) is 0 Å². The zero-order valence-electron chi connectivity index (χ0n) is 16.2. The van der Waals surface area contributed by atoms with Gasteiger partial charge in [-0.1, -0.05) is 0 Å². The number of esters is 1. The average Bonchev–Trinajstić information content (AvgIpc) is 3.34. The van der Waals surface area contributed by atoms with Crippen molar-refractivity contribution in [3.05, 3.63) is 28.7 Å². The predicted octanol–water partition coefficient (Wildman–Crippen LogP) is 1.47. The largest absolute Gasteiger partial charge is 0.466 e. The molecule has 3 rings (SSSR count). The lowest BCUT2D eigenvalue weighted by Crippen LogP contribution is -2.27. The van der Waals surface area contributed by atoms with Crippen LogP contribution in [0.25, 0.3) is 11.1 Å². The predicted molar refractivity (Wildman–Crippen MR) is 105 cm³/mol. The van der Waals surface area contributed by atoms with Crippen LogP contribution in [0, 0.1) is 0 Å². The normalized spacial score (nSPS) is 15.2. The summed E-state index contributed by atoms with van der Waals surface area (Å²) >= 11 is 0. The first-order valence-electron chi connectivity index (χ1n) is 9.83. The minimum Gasteiger partial charge on any atom is -0.466 e. The number of aliphatic hydroxyl groups excluding tert-OH is 1. The SMILES string of the molecule is O=C(CCn1c(=O)oc2cc(S(=O)(=O)N3CCCC3)ccc21)OCCCCCO. The Bertz CT molecular complexity index is 1000. The molecule has 1 aromatic heterocycles. The third-order valence-electron chi connectivity index (χ3n) is 4.95. The van der Waals surface area contributed by atoms with E-state index in [9.17, 15) is 18.0 Å². The number of unbranched alkanes of at least 4 members (excludes halogenated alkanes) is 2. The van der Waals surface area contributed by atoms with Gasteiger partial charge in [-0.05, 0) is 44.2 Å². The summed E-state index contributed by atoms with van der Waals surface area (Å²) in [5, 5.41) is 8.71. The fourth-order valence-corrected chi connectivity index (χ4v) is 4.88. The topological polar surface area (TPSA) is 119 Å². The number of hydrogen-bond acceptors (Lipinski definition) is 7. The molecular formula is C19H26N2O7S. The molecule has 1 saturated heterocycles. The van der Waals surface area contributed by atoms with Gasteiger partial charge in [0.2, 0.25) is 10.0 Å². The Morgan fingerprint density at radius 1 is 1.17 bits per heavy atom. The Morgan fingerprint density at radius 2 is 1.93 bits per heavy atom. The molecule has 160 valence electrons. The molecule has 1 fully saturated rings. The van der Waals surface area contributed by atoms with Gasteiger partial charge in [-0.3, -0.25) is 9.36 Å². The summed E-state index contributed by atoms with van der Waals surface area (Å²) < 4.78 is 38.4. The Morgan fingerprint density at radius 3 is 2.66 bits per heavy atom. The van der Waals surface area contributed by atoms with Gasteiger partial charge in [-0.15, -0.1) is 0 Å². The number of sulfonamides is 1. The van der Waals surface area contributed by atoms with E-state index in [-0.39, 0.29) is 36.7 Å². The molecule has 1 aliphatic rings. The van der Waals surface area contributed by atoms with Gasteiger partial charge in [-0.2, -0.15) is 4.31 Å². The summed E-state index contributed by atoms with van der Waals surface area (Å²) in [6, 6.07) is 4.35. The van der Waals surface area contributed by atoms with Crippen LogP contribution in [-0.2, 0) is 26.1 Å². The molecule has 10 heteroatoms. The van der Waals surface area contributed by atoms with Crippen LogP contribution in [0.2, 0.25) is 0 Å². The molecule has 2 aromatic rings. The lowest BCUT2D eigenvalue weighted by Gasteiger charge is -2.15. The molecule has 29 heavy (non-hydrogen) atoms. The maximum Gasteiger partial charge on any atom is 0.419 e. The standard InChI is InChI=1S/C19H26N2O7S/c22-12-4-1-5-13-27-18(23)8-11-21-16-7-6-15(14-17(16)28-19(21)24)29(25,26)20-9-2-3-10-20/h6-7,14,22H,1-5,8-13H2. The van der Waals surface area contributed by atoms with Crippen molar-refractivity contribution in [2.75, 3.05) is 26.3 Å². The highest BCUT2D eigenvalue weighted by atomic mass is 32.2. The summed E-state index contributed by atoms with van der Waals surface area (Å²) in [5.41, 5.74) is 0.610. The monoisotopic (exact) mass is 426 g/mol. The molecule has 0 bridgehead atoms. The summed E-state index contributed by atoms with van der Waals surface area (Å²) in [6.45, 7) is 1.46. The second kappa shape index (κ2) is 9.55. The first-order valence-corrected chi connectivity index (χ1v) is 11.3. The van der Waals surface area contributed by atoms with Crippen molar-refractivity contribution in [2.24, 2.45) is 0 Å². The molecule has 1 aliphatic heterocycles. The molecule has 0 aliphatic carbocycles. The molecule has 1 aromatic carbocycles. The van der Waals surface area contributed by atoms with E-state index >= 15 is 0 Å². The Kier molecular flexibility index (Phi) is 7.09. The first-order chi connectivity index (χ1) is 13.9. The fourth-order valence-electron chi connectivity index (χ4n) is 3.35. The van der Waals surface area contributed by atoms with Gasteiger partial charge >= 0.3 is 11.7 Å². The van der Waals surface area contributed by atoms with E-state index in [2.05, 4.69) is 0 Å². The molecule has 0 radical (unpaired) electrons. The zero-order chi connectivity index (χ0) is 20.9. The molecule has 1 N–H and O–H groups in total. The maximum absolute atomic E-state index is 12.7. The van der Waals surface area contributed by atoms with Crippen LogP contribution >= 0.6 is 0 Å². The molecule has 0 amide bonds. The third-order valence-corrected chi connectivity index (χ3v) is 6.84. The van der Waals surface area contributed by atoms with Gasteiger partial charge < -0.3 is 14.3 Å². The number of nitrogens with zero attached hydrogens (tertiary/aromatic N) is 2. The first kappa shape index (κ1) is 21.5. The summed E-state index contributed by atoms with van der Waals surface area (Å²) in [5.74, 6) is -1.07. The molecular weight excluding hydrogens is 400 g/mol. The second-order valence-electron chi connectivity index (χ2n) is 7.02. The van der Waals surface area contributed by atoms with Crippen LogP contribution in [-0.4, -0.2) is 54.7 Å². The highest BCUT2D eigenvalue weighted by molar-refractivity contribution is 7.89. The lowest BCUT2D eigenvalue weighted by atomic mass is 10.2. The highest BCUT2D eigenvalue weighted by Crippen LogP contribution is 2.24. The van der Waals surface area contributed by atoms with Crippen molar-refractivity contribution >= 4 is 27.1 Å². The van der Waals surface area contributed by atoms with Crippen LogP contribution in [0.4, 0.5) is 0 Å². The van der Waals surface area contributed by atoms with Crippen molar-refractivity contribution in [1.29, 1.82) is 0 Å². The highest BCUT2D eigenvalue weighted by Gasteiger charge is 2.28. The second-order valence-corrected chi connectivity index (χ2v) is 8.95. The summed E-state index contributed by atoms with van der Waals surface area (Å²) in [7, 11) is -3.60. The maximum atomic E-state index is 12.7. The van der Waals surface area contributed by atoms with E-state index in [1.165, 1.54) is 27.1 Å². The molecule has 0 unspecified atom stereocenters. The number of carbonyl (C=O) groups is 1. The number of rotatable bonds is 10. The number of fused-ring (bicyclic) bond motifs is 1. The van der Waals surface area contributed by atoms with Crippen molar-refractivity contribution in [1.82, 2.24) is 8.87 Å². The smallest absolute Gasteiger partial charge is 0.419 e. The number of aryl methyl sites for hydroxylation is 1. The van der Waals surface area contributed by atoms with E-state index in [0.29, 0.717) is 31.4 Å². The fraction of sp³-hybridized carbons (Fsp3) is 0.579. The minimum absolute atomic E-state index is 0.00235. The Hall–Kier alpha value is -2.17. The Labute approximate surface area is 168 Å². The number of aromatic nitrogens is 1. The quantitative estimate of drug-likeness (QED) is 0.451. The van der Waals surface area contributed by atoms with Crippen LogP contribution < -0.4 is 5.76 Å². The van der Waals surface area contributed by atoms with Gasteiger partial charge in [0.1, 0.15) is 0 Å². The van der Waals surface area contributed by atoms with Gasteiger partial charge in [0, 0.05) is 32.3 Å². The van der Waals surface area contributed by atoms with E-state index < -0.39 is 21.7 Å². The van der Waals surface area contributed by atoms with Crippen molar-refractivity contribution in [3.63, 3.8) is 0 Å². The van der Waals surface area contributed by atoms with Crippen LogP contribution in [0.15, 0.2) is 32.3 Å². The van der Waals surface area contributed by atoms with Gasteiger partial charge in [0.15, 0.2) is 5.58 Å². The van der Waals surface area contributed by atoms with E-state index in [1.54, 1.807) is 0 Å². The van der Waals surface area contributed by atoms with E-state index in [0.717, 1.165) is 19.3 Å². The number of carbonyl (C=O) groups excluding carboxylic acids is 1. The van der Waals surface area contributed by atoms with Gasteiger partial charge in [-0.25, -0.2) is 13.2 Å². The molecule has 0 saturated carbocycles. The van der Waals surface area contributed by atoms with Crippen LogP contribution in [0.1, 0.15) is 38.5 Å². The average molecular weight is 426 g/mol. The van der Waals surface area contributed by atoms with Crippen molar-refractivity contribution in [3.8, 4) is 0 Å². The summed E-state index contributed by atoms with van der Waals surface area (Å²) in [6.07, 6.45) is 3.80. The van der Waals surface area contributed by atoms with E-state index in [4.69, 9.17) is 14.3 Å². The summed E-state index contributed by atoms with van der Waals surface area (Å²) in [4.78, 5) is 24.1. The molecule has 0 atom stereocenters. The number of hydrogen-bond donors (Lipinski definition) is 1. The lowest BCUT2D eigenvalue weighted by molar-refractivity contribution is -0.144. The van der Waals surface area contributed by atoms with Crippen molar-refractivity contribution < 1.29 is 27.5 Å². The van der Waals surface area contributed by atoms with Crippen LogP contribution in [0.5, 0.6) is 0 Å². The zero-order valence-corrected chi connectivity index (χ0v) is 17.0. The van der Waals surface area contributed by atoms with Crippen molar-refractivity contribution in [2.45, 2.75) is 50.0 Å². The van der Waals surface area contributed by atoms with Gasteiger partial charge in [0.05, 0.1) is 23.4 Å². The molecule has 2 heterocycles. The Balaban J connectivity index is 1.66. The molecule has 9 nitrogen and oxygen atoms in total. The molecule has 0 spiro atoms. The third kappa shape index (κ3) is 5.06. The number of oxazole rings is 1. The number of benzene rings is 1. The van der Waals surface area contributed by atoms with E-state index in [1.807, 2.05) is 0 Å². The van der Waals surface area contributed by atoms with Gasteiger partial charge in [0.25, 0.3) is 0 Å².